The molecule has 5 nitrogen and oxygen atoms in total. The van der Waals surface area contributed by atoms with E-state index in [-0.39, 0.29) is 11.7 Å². The van der Waals surface area contributed by atoms with Gasteiger partial charge in [0.2, 0.25) is 0 Å². The number of hydrogen-bond acceptors (Lipinski definition) is 5. The van der Waals surface area contributed by atoms with Gasteiger partial charge in [-0.05, 0) is 61.6 Å². The van der Waals surface area contributed by atoms with Crippen LogP contribution in [0.25, 0.3) is 0 Å². The maximum atomic E-state index is 12.1. The maximum Gasteiger partial charge on any atom is 0.281 e. The zero-order valence-electron chi connectivity index (χ0n) is 12.8. The van der Waals surface area contributed by atoms with Crippen LogP contribution in [0.1, 0.15) is 39.0 Å². The van der Waals surface area contributed by atoms with Gasteiger partial charge in [-0.2, -0.15) is 5.10 Å². The Kier molecular flexibility index (Phi) is 4.62. The number of nitrogens with one attached hydrogen (secondary N) is 1. The van der Waals surface area contributed by atoms with Crippen molar-refractivity contribution in [3.8, 4) is 11.5 Å². The highest BCUT2D eigenvalue weighted by Crippen LogP contribution is 2.30. The van der Waals surface area contributed by atoms with Crippen LogP contribution in [0.5, 0.6) is 11.5 Å². The normalized spacial score (nSPS) is 13.3. The first-order valence-electron chi connectivity index (χ1n) is 7.58. The number of thiophene rings is 1. The molecule has 0 unspecified atom stereocenters. The molecule has 1 amide bonds. The molecule has 0 fully saturated rings. The second-order valence-corrected chi connectivity index (χ2v) is 6.41. The average molecular weight is 330 g/mol. The van der Waals surface area contributed by atoms with E-state index in [0.29, 0.717) is 17.2 Å². The lowest BCUT2D eigenvalue weighted by molar-refractivity contribution is 0.0959. The number of carbonyl (C=O) groups excluding carboxylic acids is 1. The number of benzene rings is 1. The molecule has 1 aromatic carbocycles. The van der Waals surface area contributed by atoms with E-state index >= 15 is 0 Å². The van der Waals surface area contributed by atoms with Crippen molar-refractivity contribution in [1.29, 1.82) is 0 Å². The molecule has 0 saturated heterocycles. The number of hydrazone groups is 1. The molecule has 23 heavy (non-hydrogen) atoms. The summed E-state index contributed by atoms with van der Waals surface area (Å²) in [4.78, 5) is 14.1. The van der Waals surface area contributed by atoms with E-state index < -0.39 is 0 Å². The number of fused-ring (bicyclic) bond motifs is 1. The average Bonchev–Trinajstić information content (AvgIpc) is 3.12. The Labute approximate surface area is 138 Å². The first kappa shape index (κ1) is 15.6. The standard InChI is InChI=1S/C17H18N2O3S/c1-2-22-14-8-11(6-7-13(14)20)10-18-19-17(21)16-9-12-4-3-5-15(12)23-16/h6-10,20H,2-5H2,1H3,(H,19,21)/b18-10+. The lowest BCUT2D eigenvalue weighted by atomic mass is 10.2. The quantitative estimate of drug-likeness (QED) is 0.654. The Hall–Kier alpha value is -2.34. The molecule has 3 rings (SSSR count). The molecule has 0 spiro atoms. The van der Waals surface area contributed by atoms with Crippen molar-refractivity contribution >= 4 is 23.5 Å². The number of aromatic hydroxyl groups is 1. The molecular weight excluding hydrogens is 312 g/mol. The fourth-order valence-electron chi connectivity index (χ4n) is 2.54. The van der Waals surface area contributed by atoms with Crippen molar-refractivity contribution in [2.24, 2.45) is 5.10 Å². The summed E-state index contributed by atoms with van der Waals surface area (Å²) in [6.07, 6.45) is 4.85. The number of hydrogen-bond donors (Lipinski definition) is 2. The van der Waals surface area contributed by atoms with Gasteiger partial charge >= 0.3 is 0 Å². The highest BCUT2D eigenvalue weighted by molar-refractivity contribution is 7.14. The molecule has 0 saturated carbocycles. The van der Waals surface area contributed by atoms with Gasteiger partial charge in [0.1, 0.15) is 0 Å². The van der Waals surface area contributed by atoms with Gasteiger partial charge in [0.05, 0.1) is 17.7 Å². The van der Waals surface area contributed by atoms with Crippen LogP contribution in [0, 0.1) is 0 Å². The number of phenols is 1. The van der Waals surface area contributed by atoms with Gasteiger partial charge in [-0.25, -0.2) is 5.43 Å². The van der Waals surface area contributed by atoms with E-state index in [1.807, 2.05) is 13.0 Å². The van der Waals surface area contributed by atoms with Crippen molar-refractivity contribution in [1.82, 2.24) is 5.43 Å². The van der Waals surface area contributed by atoms with Crippen LogP contribution < -0.4 is 10.2 Å². The fraction of sp³-hybridized carbons (Fsp3) is 0.294. The van der Waals surface area contributed by atoms with Gasteiger partial charge in [-0.15, -0.1) is 11.3 Å². The topological polar surface area (TPSA) is 70.9 Å². The van der Waals surface area contributed by atoms with E-state index in [2.05, 4.69) is 10.5 Å². The zero-order valence-corrected chi connectivity index (χ0v) is 13.7. The van der Waals surface area contributed by atoms with Crippen LogP contribution in [-0.2, 0) is 12.8 Å². The smallest absolute Gasteiger partial charge is 0.281 e. The molecule has 0 radical (unpaired) electrons. The lowest BCUT2D eigenvalue weighted by Gasteiger charge is -2.05. The predicted molar refractivity (Wildman–Crippen MR) is 90.7 cm³/mol. The van der Waals surface area contributed by atoms with Gasteiger partial charge < -0.3 is 9.84 Å². The first-order chi connectivity index (χ1) is 11.2. The minimum absolute atomic E-state index is 0.0844. The number of ether oxygens (including phenoxy) is 1. The molecule has 0 bridgehead atoms. The number of aryl methyl sites for hydroxylation is 2. The molecule has 1 aliphatic carbocycles. The Morgan fingerprint density at radius 1 is 1.43 bits per heavy atom. The van der Waals surface area contributed by atoms with Crippen LogP contribution >= 0.6 is 11.3 Å². The van der Waals surface area contributed by atoms with Crippen LogP contribution in [0.4, 0.5) is 0 Å². The third-order valence-corrected chi connectivity index (χ3v) is 4.87. The SMILES string of the molecule is CCOc1cc(/C=N/NC(=O)c2cc3c(s2)CCC3)ccc1O. The van der Waals surface area contributed by atoms with Crippen molar-refractivity contribution in [2.75, 3.05) is 6.61 Å². The van der Waals surface area contributed by atoms with Crippen molar-refractivity contribution in [2.45, 2.75) is 26.2 Å². The number of nitrogens with zero attached hydrogens (tertiary/aromatic N) is 1. The summed E-state index contributed by atoms with van der Waals surface area (Å²) in [6, 6.07) is 6.88. The number of carbonyl (C=O) groups is 1. The zero-order chi connectivity index (χ0) is 16.2. The summed E-state index contributed by atoms with van der Waals surface area (Å²) in [5, 5.41) is 13.6. The summed E-state index contributed by atoms with van der Waals surface area (Å²) >= 11 is 1.55. The van der Waals surface area contributed by atoms with E-state index in [1.54, 1.807) is 23.5 Å². The molecule has 0 atom stereocenters. The Morgan fingerprint density at radius 3 is 3.09 bits per heavy atom. The molecule has 2 aromatic rings. The minimum atomic E-state index is -0.190. The van der Waals surface area contributed by atoms with Crippen molar-refractivity contribution < 1.29 is 14.6 Å². The molecule has 6 heteroatoms. The number of amides is 1. The monoisotopic (exact) mass is 330 g/mol. The van der Waals surface area contributed by atoms with Gasteiger partial charge in [0.15, 0.2) is 11.5 Å². The van der Waals surface area contributed by atoms with E-state index in [9.17, 15) is 9.90 Å². The van der Waals surface area contributed by atoms with E-state index in [0.717, 1.165) is 18.4 Å². The van der Waals surface area contributed by atoms with Crippen LogP contribution in [0.2, 0.25) is 0 Å². The minimum Gasteiger partial charge on any atom is -0.504 e. The number of rotatable bonds is 5. The second-order valence-electron chi connectivity index (χ2n) is 5.27. The van der Waals surface area contributed by atoms with Gasteiger partial charge in [-0.3, -0.25) is 4.79 Å². The molecule has 0 aliphatic heterocycles. The summed E-state index contributed by atoms with van der Waals surface area (Å²) in [6.45, 7) is 2.31. The Balaban J connectivity index is 1.64. The largest absolute Gasteiger partial charge is 0.504 e. The molecular formula is C17H18N2O3S. The van der Waals surface area contributed by atoms with Crippen LogP contribution in [0.15, 0.2) is 29.4 Å². The fourth-order valence-corrected chi connectivity index (χ4v) is 3.69. The lowest BCUT2D eigenvalue weighted by Crippen LogP contribution is -2.16. The summed E-state index contributed by atoms with van der Waals surface area (Å²) in [7, 11) is 0. The van der Waals surface area contributed by atoms with Crippen molar-refractivity contribution in [3.63, 3.8) is 0 Å². The number of phenolic OH excluding ortho intramolecular Hbond substituents is 1. The second kappa shape index (κ2) is 6.83. The van der Waals surface area contributed by atoms with Crippen LogP contribution in [0.3, 0.4) is 0 Å². The Bertz CT molecular complexity index is 731. The summed E-state index contributed by atoms with van der Waals surface area (Å²) < 4.78 is 5.31. The van der Waals surface area contributed by atoms with E-state index in [1.165, 1.54) is 29.1 Å². The molecule has 1 aromatic heterocycles. The predicted octanol–water partition coefficient (Wildman–Crippen LogP) is 3.11. The van der Waals surface area contributed by atoms with Gasteiger partial charge in [0, 0.05) is 4.88 Å². The Morgan fingerprint density at radius 2 is 2.30 bits per heavy atom. The molecule has 120 valence electrons. The summed E-state index contributed by atoms with van der Waals surface area (Å²) in [5.41, 5.74) is 4.57. The third-order valence-electron chi connectivity index (χ3n) is 3.63. The third kappa shape index (κ3) is 3.53. The van der Waals surface area contributed by atoms with Gasteiger partial charge in [-0.1, -0.05) is 0 Å². The highest BCUT2D eigenvalue weighted by Gasteiger charge is 2.18. The van der Waals surface area contributed by atoms with Gasteiger partial charge in [0.25, 0.3) is 5.91 Å². The van der Waals surface area contributed by atoms with E-state index in [4.69, 9.17) is 4.74 Å². The van der Waals surface area contributed by atoms with Crippen molar-refractivity contribution in [3.05, 3.63) is 45.1 Å². The molecule has 1 heterocycles. The molecule has 1 aliphatic rings. The maximum absolute atomic E-state index is 12.1. The first-order valence-corrected chi connectivity index (χ1v) is 8.40. The molecule has 2 N–H and O–H groups in total. The summed E-state index contributed by atoms with van der Waals surface area (Å²) in [5.74, 6) is 0.294. The highest BCUT2D eigenvalue weighted by atomic mass is 32.1. The van der Waals surface area contributed by atoms with Crippen LogP contribution in [-0.4, -0.2) is 23.8 Å².